The van der Waals surface area contributed by atoms with E-state index in [2.05, 4.69) is 25.9 Å². The first-order valence-electron chi connectivity index (χ1n) is 12.9. The van der Waals surface area contributed by atoms with Gasteiger partial charge in [-0.25, -0.2) is 14.4 Å². The summed E-state index contributed by atoms with van der Waals surface area (Å²) in [5.74, 6) is 0.193. The topological polar surface area (TPSA) is 141 Å². The predicted molar refractivity (Wildman–Crippen MR) is 163 cm³/mol. The van der Waals surface area contributed by atoms with E-state index in [0.717, 1.165) is 4.31 Å². The number of anilines is 6. The molecule has 0 bridgehead atoms. The van der Waals surface area contributed by atoms with Crippen molar-refractivity contribution >= 4 is 62.6 Å². The summed E-state index contributed by atoms with van der Waals surface area (Å²) >= 11 is -2.86. The number of ether oxygens (including phenoxy) is 2. The van der Waals surface area contributed by atoms with Gasteiger partial charge in [0.15, 0.2) is 11.6 Å². The van der Waals surface area contributed by atoms with Crippen molar-refractivity contribution < 1.29 is 27.4 Å². The summed E-state index contributed by atoms with van der Waals surface area (Å²) in [7, 11) is 3.04. The van der Waals surface area contributed by atoms with Crippen molar-refractivity contribution in [3.8, 4) is 11.5 Å². The molecule has 0 fully saturated rings. The quantitative estimate of drug-likeness (QED) is 0.167. The van der Waals surface area contributed by atoms with E-state index in [1.807, 2.05) is 0 Å². The average molecular weight is 602 g/mol. The largest absolute Gasteiger partial charge is 0.755 e. The number of nitrogens with one attached hydrogen (secondary N) is 3. The number of halogens is 1. The SMILES string of the molecule is COc1cc(Nc2nc3ccccc3nc2N(c2cccc(NC(=O)CNc3ccccc3F)c2)S(=O)[O-])cc(OC)c1. The Morgan fingerprint density at radius 1 is 0.884 bits per heavy atom. The van der Waals surface area contributed by atoms with Crippen LogP contribution in [0.2, 0.25) is 0 Å². The number of aromatic nitrogens is 2. The number of fused-ring (bicyclic) bond motifs is 1. The lowest BCUT2D eigenvalue weighted by Crippen LogP contribution is -2.24. The molecule has 0 aliphatic rings. The Morgan fingerprint density at radius 2 is 1.56 bits per heavy atom. The molecule has 43 heavy (non-hydrogen) atoms. The first-order valence-corrected chi connectivity index (χ1v) is 13.9. The van der Waals surface area contributed by atoms with Crippen LogP contribution in [0, 0.1) is 5.82 Å². The van der Waals surface area contributed by atoms with Gasteiger partial charge in [0, 0.05) is 29.6 Å². The number of para-hydroxylation sites is 3. The van der Waals surface area contributed by atoms with Crippen LogP contribution in [0.5, 0.6) is 11.5 Å². The summed E-state index contributed by atoms with van der Waals surface area (Å²) in [5.41, 5.74) is 2.19. The normalized spacial score (nSPS) is 11.4. The molecule has 1 amide bonds. The number of carbonyl (C=O) groups is 1. The van der Waals surface area contributed by atoms with Gasteiger partial charge in [-0.1, -0.05) is 30.3 Å². The molecule has 0 saturated heterocycles. The fourth-order valence-electron chi connectivity index (χ4n) is 4.21. The van der Waals surface area contributed by atoms with Gasteiger partial charge in [-0.15, -0.1) is 0 Å². The van der Waals surface area contributed by atoms with E-state index in [1.54, 1.807) is 72.8 Å². The van der Waals surface area contributed by atoms with Crippen molar-refractivity contribution in [2.24, 2.45) is 0 Å². The smallest absolute Gasteiger partial charge is 0.243 e. The third-order valence-corrected chi connectivity index (χ3v) is 6.87. The summed E-state index contributed by atoms with van der Waals surface area (Å²) in [6, 6.07) is 24.4. The zero-order chi connectivity index (χ0) is 30.3. The molecule has 0 aliphatic carbocycles. The van der Waals surface area contributed by atoms with Gasteiger partial charge in [0.05, 0.1) is 54.4 Å². The highest BCUT2D eigenvalue weighted by Crippen LogP contribution is 2.36. The highest BCUT2D eigenvalue weighted by atomic mass is 32.2. The molecule has 0 aliphatic heterocycles. The third-order valence-electron chi connectivity index (χ3n) is 6.19. The van der Waals surface area contributed by atoms with Crippen molar-refractivity contribution in [1.82, 2.24) is 9.97 Å². The standard InChI is InChI=1S/C30H27FN6O5S/c1-41-22-15-20(16-23(17-22)42-2)34-29-30(36-27-13-6-5-12-26(27)35-29)37(43(39)40)21-9-7-8-19(14-21)33-28(38)18-32-25-11-4-3-10-24(25)31/h3-17,32H,18H2,1-2H3,(H,33,38)(H,34,35)(H,39,40)/p-1. The molecule has 1 atom stereocenters. The van der Waals surface area contributed by atoms with E-state index in [0.29, 0.717) is 33.9 Å². The zero-order valence-electron chi connectivity index (χ0n) is 23.0. The van der Waals surface area contributed by atoms with Crippen molar-refractivity contribution in [2.75, 3.05) is 41.0 Å². The summed E-state index contributed by atoms with van der Waals surface area (Å²) in [5, 5.41) is 8.58. The molecule has 0 spiro atoms. The van der Waals surface area contributed by atoms with Gasteiger partial charge in [-0.2, -0.15) is 0 Å². The van der Waals surface area contributed by atoms with Crippen LogP contribution in [0.3, 0.4) is 0 Å². The van der Waals surface area contributed by atoms with E-state index >= 15 is 0 Å². The molecular formula is C30H26FN6O5S-. The van der Waals surface area contributed by atoms with Gasteiger partial charge in [-0.05, 0) is 42.5 Å². The van der Waals surface area contributed by atoms with E-state index in [4.69, 9.17) is 9.47 Å². The highest BCUT2D eigenvalue weighted by molar-refractivity contribution is 7.81. The molecule has 1 aromatic heterocycles. The summed E-state index contributed by atoms with van der Waals surface area (Å²) in [6.07, 6.45) is 0. The summed E-state index contributed by atoms with van der Waals surface area (Å²) in [6.45, 7) is -0.212. The number of benzene rings is 4. The predicted octanol–water partition coefficient (Wildman–Crippen LogP) is 5.51. The van der Waals surface area contributed by atoms with Crippen LogP contribution in [-0.4, -0.2) is 45.4 Å². The van der Waals surface area contributed by atoms with Crippen molar-refractivity contribution in [3.63, 3.8) is 0 Å². The third kappa shape index (κ3) is 6.97. The number of methoxy groups -OCH3 is 2. The van der Waals surface area contributed by atoms with E-state index < -0.39 is 23.0 Å². The molecule has 13 heteroatoms. The second kappa shape index (κ2) is 13.1. The molecule has 0 saturated carbocycles. The Hall–Kier alpha value is -5.27. The second-order valence-electron chi connectivity index (χ2n) is 9.05. The molecule has 1 unspecified atom stereocenters. The Labute approximate surface area is 249 Å². The van der Waals surface area contributed by atoms with Crippen LogP contribution in [0.15, 0.2) is 91.0 Å². The van der Waals surface area contributed by atoms with E-state index in [1.165, 1.54) is 32.4 Å². The fraction of sp³-hybridized carbons (Fsp3) is 0.100. The zero-order valence-corrected chi connectivity index (χ0v) is 23.9. The Balaban J connectivity index is 1.48. The average Bonchev–Trinajstić information content (AvgIpc) is 3.00. The van der Waals surface area contributed by atoms with Gasteiger partial charge >= 0.3 is 0 Å². The lowest BCUT2D eigenvalue weighted by Gasteiger charge is -2.27. The number of hydrogen-bond donors (Lipinski definition) is 3. The van der Waals surface area contributed by atoms with Gasteiger partial charge in [0.25, 0.3) is 0 Å². The monoisotopic (exact) mass is 601 g/mol. The van der Waals surface area contributed by atoms with Gasteiger partial charge in [0.1, 0.15) is 17.3 Å². The maximum absolute atomic E-state index is 13.9. The molecule has 5 aromatic rings. The number of hydrogen-bond acceptors (Lipinski definition) is 9. The van der Waals surface area contributed by atoms with Crippen LogP contribution in [-0.2, 0) is 16.1 Å². The molecule has 5 rings (SSSR count). The molecule has 11 nitrogen and oxygen atoms in total. The maximum Gasteiger partial charge on any atom is 0.243 e. The molecule has 220 valence electrons. The number of rotatable bonds is 11. The van der Waals surface area contributed by atoms with Crippen molar-refractivity contribution in [1.29, 1.82) is 0 Å². The van der Waals surface area contributed by atoms with Gasteiger partial charge in [-0.3, -0.25) is 13.3 Å². The Kier molecular flexibility index (Phi) is 8.93. The first-order chi connectivity index (χ1) is 20.8. The number of nitrogens with zero attached hydrogens (tertiary/aromatic N) is 3. The molecule has 0 radical (unpaired) electrons. The molecule has 4 aromatic carbocycles. The molecule has 3 N–H and O–H groups in total. The lowest BCUT2D eigenvalue weighted by atomic mass is 10.2. The fourth-order valence-corrected chi connectivity index (χ4v) is 4.76. The van der Waals surface area contributed by atoms with Crippen LogP contribution < -0.4 is 29.7 Å². The Morgan fingerprint density at radius 3 is 2.23 bits per heavy atom. The van der Waals surface area contributed by atoms with Crippen LogP contribution in [0.25, 0.3) is 11.0 Å². The minimum atomic E-state index is -2.86. The number of carbonyl (C=O) groups excluding carboxylic acids is 1. The Bertz CT molecular complexity index is 1780. The first kappa shape index (κ1) is 29.2. The van der Waals surface area contributed by atoms with Crippen molar-refractivity contribution in [2.45, 2.75) is 0 Å². The van der Waals surface area contributed by atoms with E-state index in [9.17, 15) is 17.9 Å². The van der Waals surface area contributed by atoms with Gasteiger partial charge in [0.2, 0.25) is 5.91 Å². The van der Waals surface area contributed by atoms with Crippen LogP contribution in [0.4, 0.5) is 38.8 Å². The number of amides is 1. The van der Waals surface area contributed by atoms with E-state index in [-0.39, 0.29) is 29.6 Å². The minimum Gasteiger partial charge on any atom is -0.755 e. The second-order valence-corrected chi connectivity index (χ2v) is 9.85. The summed E-state index contributed by atoms with van der Waals surface area (Å²) in [4.78, 5) is 21.9. The van der Waals surface area contributed by atoms with Crippen LogP contribution in [0.1, 0.15) is 0 Å². The molecule has 1 heterocycles. The van der Waals surface area contributed by atoms with Crippen LogP contribution >= 0.6 is 0 Å². The highest BCUT2D eigenvalue weighted by Gasteiger charge is 2.21. The molecular weight excluding hydrogens is 575 g/mol. The lowest BCUT2D eigenvalue weighted by molar-refractivity contribution is -0.114. The van der Waals surface area contributed by atoms with Gasteiger partial charge < -0.3 is 30.0 Å². The summed E-state index contributed by atoms with van der Waals surface area (Å²) < 4.78 is 51.0. The minimum absolute atomic E-state index is 0.0153. The van der Waals surface area contributed by atoms with Crippen molar-refractivity contribution in [3.05, 3.63) is 96.8 Å². The maximum atomic E-state index is 13.9.